The molecular formula is C19H23ClIN7O3. The summed E-state index contributed by atoms with van der Waals surface area (Å²) in [6.45, 7) is 4.79. The maximum atomic E-state index is 12.6. The summed E-state index contributed by atoms with van der Waals surface area (Å²) in [6, 6.07) is 7.67. The number of nitrogens with one attached hydrogen (secondary N) is 1. The molecule has 5 N–H and O–H groups in total. The van der Waals surface area contributed by atoms with Gasteiger partial charge in [-0.3, -0.25) is 4.79 Å². The molecule has 0 aliphatic heterocycles. The van der Waals surface area contributed by atoms with Crippen LogP contribution in [0.15, 0.2) is 24.3 Å². The first-order valence-corrected chi connectivity index (χ1v) is 9.77. The van der Waals surface area contributed by atoms with Crippen molar-refractivity contribution in [1.29, 1.82) is 0 Å². The van der Waals surface area contributed by atoms with E-state index in [9.17, 15) is 9.59 Å². The van der Waals surface area contributed by atoms with Crippen molar-refractivity contribution in [2.24, 2.45) is 0 Å². The molecule has 0 aliphatic carbocycles. The molecule has 12 heteroatoms. The lowest BCUT2D eigenvalue weighted by molar-refractivity contribution is -0.669. The third-order valence-electron chi connectivity index (χ3n) is 4.52. The fraction of sp³-hybridized carbons (Fsp3) is 0.316. The molecule has 0 spiro atoms. The highest BCUT2D eigenvalue weighted by atomic mass is 127. The zero-order valence-corrected chi connectivity index (χ0v) is 20.0. The van der Waals surface area contributed by atoms with Gasteiger partial charge >= 0.3 is 5.97 Å². The van der Waals surface area contributed by atoms with E-state index >= 15 is 0 Å². The van der Waals surface area contributed by atoms with Crippen LogP contribution >= 0.6 is 11.6 Å². The van der Waals surface area contributed by atoms with Crippen molar-refractivity contribution in [3.05, 3.63) is 40.9 Å². The number of amides is 1. The number of aromatic nitrogens is 4. The van der Waals surface area contributed by atoms with Gasteiger partial charge in [-0.15, -0.1) is 0 Å². The fourth-order valence-electron chi connectivity index (χ4n) is 3.25. The summed E-state index contributed by atoms with van der Waals surface area (Å²) >= 11 is 5.87. The van der Waals surface area contributed by atoms with Crippen molar-refractivity contribution in [3.63, 3.8) is 0 Å². The molecule has 0 aliphatic rings. The van der Waals surface area contributed by atoms with Crippen molar-refractivity contribution in [3.8, 4) is 0 Å². The van der Waals surface area contributed by atoms with Crippen LogP contribution in [0.2, 0.25) is 5.15 Å². The van der Waals surface area contributed by atoms with Gasteiger partial charge in [0.05, 0.1) is 13.2 Å². The van der Waals surface area contributed by atoms with E-state index in [1.54, 1.807) is 6.92 Å². The fourth-order valence-corrected chi connectivity index (χ4v) is 3.38. The second-order valence-electron chi connectivity index (χ2n) is 6.36. The summed E-state index contributed by atoms with van der Waals surface area (Å²) in [5, 5.41) is 2.67. The van der Waals surface area contributed by atoms with Crippen molar-refractivity contribution in [2.45, 2.75) is 33.5 Å². The molecule has 1 amide bonds. The number of rotatable bonds is 7. The molecule has 166 valence electrons. The average molecular weight is 560 g/mol. The predicted octanol–water partition coefficient (Wildman–Crippen LogP) is -1.95. The Balaban J connectivity index is 0.00000341. The van der Waals surface area contributed by atoms with Gasteiger partial charge in [-0.25, -0.2) is 23.9 Å². The molecule has 0 unspecified atom stereocenters. The Bertz CT molecular complexity index is 1120. The molecule has 0 fully saturated rings. The van der Waals surface area contributed by atoms with Crippen LogP contribution in [-0.2, 0) is 29.2 Å². The number of benzene rings is 1. The number of halogens is 2. The smallest absolute Gasteiger partial charge is 0.348 e. The highest BCUT2D eigenvalue weighted by Crippen LogP contribution is 2.18. The summed E-state index contributed by atoms with van der Waals surface area (Å²) in [7, 11) is 0. The van der Waals surface area contributed by atoms with Gasteiger partial charge in [0.2, 0.25) is 0 Å². The summed E-state index contributed by atoms with van der Waals surface area (Å²) in [5.41, 5.74) is 13.0. The van der Waals surface area contributed by atoms with Crippen LogP contribution < -0.4 is 45.3 Å². The number of anilines is 2. The minimum atomic E-state index is -0.558. The van der Waals surface area contributed by atoms with E-state index in [2.05, 4.69) is 15.3 Å². The van der Waals surface area contributed by atoms with Crippen molar-refractivity contribution >= 4 is 46.1 Å². The average Bonchev–Trinajstić information content (AvgIpc) is 3.01. The lowest BCUT2D eigenvalue weighted by Crippen LogP contribution is -3.00. The monoisotopic (exact) mass is 559 g/mol. The van der Waals surface area contributed by atoms with E-state index in [4.69, 9.17) is 27.8 Å². The number of para-hydroxylation sites is 2. The lowest BCUT2D eigenvalue weighted by Gasteiger charge is -2.08. The number of imidazole rings is 1. The van der Waals surface area contributed by atoms with Gasteiger partial charge in [0, 0.05) is 0 Å². The lowest BCUT2D eigenvalue weighted by atomic mass is 10.3. The van der Waals surface area contributed by atoms with Crippen LogP contribution in [0.1, 0.15) is 30.2 Å². The molecule has 0 radical (unpaired) electrons. The molecule has 2 aromatic heterocycles. The minimum Gasteiger partial charge on any atom is -1.00 e. The topological polar surface area (TPSA) is 142 Å². The molecule has 0 saturated carbocycles. The molecule has 31 heavy (non-hydrogen) atoms. The number of esters is 1. The van der Waals surface area contributed by atoms with Gasteiger partial charge in [0.15, 0.2) is 40.1 Å². The van der Waals surface area contributed by atoms with E-state index in [0.29, 0.717) is 12.4 Å². The number of nitrogen functional groups attached to an aromatic ring is 2. The quantitative estimate of drug-likeness (QED) is 0.174. The number of ether oxygens (including phenoxy) is 1. The Kier molecular flexibility index (Phi) is 8.39. The normalized spacial score (nSPS) is 10.5. The summed E-state index contributed by atoms with van der Waals surface area (Å²) in [6.07, 6.45) is 0. The first-order chi connectivity index (χ1) is 14.4. The Morgan fingerprint density at radius 1 is 1.19 bits per heavy atom. The van der Waals surface area contributed by atoms with Gasteiger partial charge in [-0.1, -0.05) is 23.7 Å². The van der Waals surface area contributed by atoms with Gasteiger partial charge in [0.25, 0.3) is 11.7 Å². The number of fused-ring (bicyclic) bond motifs is 1. The first kappa shape index (κ1) is 24.6. The maximum Gasteiger partial charge on any atom is 0.348 e. The van der Waals surface area contributed by atoms with Gasteiger partial charge < -0.3 is 45.5 Å². The van der Waals surface area contributed by atoms with Crippen molar-refractivity contribution in [2.75, 3.05) is 18.1 Å². The highest BCUT2D eigenvalue weighted by molar-refractivity contribution is 6.31. The second kappa shape index (κ2) is 10.6. The van der Waals surface area contributed by atoms with Crippen molar-refractivity contribution in [1.82, 2.24) is 19.9 Å². The zero-order chi connectivity index (χ0) is 21.8. The van der Waals surface area contributed by atoms with Gasteiger partial charge in [0.1, 0.15) is 6.54 Å². The van der Waals surface area contributed by atoms with E-state index in [1.165, 1.54) is 0 Å². The molecule has 0 bridgehead atoms. The van der Waals surface area contributed by atoms with Crippen LogP contribution in [0.25, 0.3) is 11.0 Å². The molecule has 2 heterocycles. The number of nitrogens with zero attached hydrogens (tertiary/aromatic N) is 4. The SMILES string of the molecule is CCOC(=O)C[n+]1c(CNC(=O)c2nc(Cl)c(N)nc2N)n(CC)c2ccccc21.[I-]. The molecule has 1 aromatic carbocycles. The number of hydrogen-bond donors (Lipinski definition) is 3. The highest BCUT2D eigenvalue weighted by Gasteiger charge is 2.27. The summed E-state index contributed by atoms with van der Waals surface area (Å²) in [5.74, 6) is -0.380. The van der Waals surface area contributed by atoms with E-state index in [0.717, 1.165) is 11.0 Å². The third kappa shape index (κ3) is 5.15. The van der Waals surface area contributed by atoms with Gasteiger partial charge in [-0.05, 0) is 26.0 Å². The summed E-state index contributed by atoms with van der Waals surface area (Å²) in [4.78, 5) is 32.6. The van der Waals surface area contributed by atoms with Gasteiger partial charge in [-0.2, -0.15) is 0 Å². The maximum absolute atomic E-state index is 12.6. The Labute approximate surface area is 200 Å². The number of aryl methyl sites for hydroxylation is 1. The minimum absolute atomic E-state index is 0. The largest absolute Gasteiger partial charge is 1.00 e. The van der Waals surface area contributed by atoms with Crippen molar-refractivity contribution < 1.29 is 42.9 Å². The molecule has 3 aromatic rings. The molecule has 0 saturated heterocycles. The van der Waals surface area contributed by atoms with Crippen LogP contribution in [0.4, 0.5) is 11.6 Å². The van der Waals surface area contributed by atoms with E-state index < -0.39 is 5.91 Å². The predicted molar refractivity (Wildman–Crippen MR) is 111 cm³/mol. The molecule has 0 atom stereocenters. The summed E-state index contributed by atoms with van der Waals surface area (Å²) < 4.78 is 8.95. The zero-order valence-electron chi connectivity index (χ0n) is 17.1. The number of hydrogen-bond acceptors (Lipinski definition) is 7. The molecular weight excluding hydrogens is 537 g/mol. The Morgan fingerprint density at radius 3 is 2.58 bits per heavy atom. The Hall–Kier alpha value is -2.67. The van der Waals surface area contributed by atoms with Crippen LogP contribution in [-0.4, -0.2) is 33.0 Å². The number of nitrogens with two attached hydrogens (primary N) is 2. The van der Waals surface area contributed by atoms with Crippen LogP contribution in [0, 0.1) is 0 Å². The first-order valence-electron chi connectivity index (χ1n) is 9.39. The molecule has 3 rings (SSSR count). The Morgan fingerprint density at radius 2 is 1.90 bits per heavy atom. The second-order valence-corrected chi connectivity index (χ2v) is 6.71. The van der Waals surface area contributed by atoms with Crippen LogP contribution in [0.3, 0.4) is 0 Å². The third-order valence-corrected chi connectivity index (χ3v) is 4.80. The molecule has 10 nitrogen and oxygen atoms in total. The number of carbonyl (C=O) groups is 2. The standard InChI is InChI=1S/C19H22ClN7O3.HI/c1-3-26-11-7-5-6-8-12(11)27(10-14(28)30-4-2)13(26)9-23-19(29)15-17(21)25-18(22)16(20)24-15;/h5-8H,3-4,9-10H2,1-2H3,(H4-,21,22,23,25,29);1H. The van der Waals surface area contributed by atoms with Crippen LogP contribution in [0.5, 0.6) is 0 Å². The van der Waals surface area contributed by atoms with E-state index in [-0.39, 0.29) is 72.1 Å². The number of carbonyl (C=O) groups excluding carboxylic acids is 2. The van der Waals surface area contributed by atoms with E-state index in [1.807, 2.05) is 40.3 Å².